The fraction of sp³-hybridized carbons (Fsp3) is 0.207. The summed E-state index contributed by atoms with van der Waals surface area (Å²) in [5.74, 6) is -3.46. The van der Waals surface area contributed by atoms with Crippen LogP contribution in [0, 0.1) is 5.92 Å². The summed E-state index contributed by atoms with van der Waals surface area (Å²) in [6.45, 7) is -0.00403. The van der Waals surface area contributed by atoms with Gasteiger partial charge in [-0.2, -0.15) is 13.2 Å². The number of alkyl halides is 3. The molecule has 0 aliphatic carbocycles. The number of carbonyl (C=O) groups is 3. The number of anilines is 2. The van der Waals surface area contributed by atoms with Crippen LogP contribution >= 0.6 is 0 Å². The molecule has 5 rings (SSSR count). The number of amides is 1. The third-order valence-electron chi connectivity index (χ3n) is 6.93. The first kappa shape index (κ1) is 27.6. The lowest BCUT2D eigenvalue weighted by atomic mass is 9.90. The highest BCUT2D eigenvalue weighted by Gasteiger charge is 2.39. The molecule has 1 aliphatic heterocycles. The Morgan fingerprint density at radius 2 is 1.59 bits per heavy atom. The standard InChI is InChI=1S/C29H23F3N4O5/c30-29(31,32)19-8-11-21-22(15-19)34-24(16-4-2-1-3-5-16)25(35-21)33-20-9-6-17(7-10-20)26(37)36-13-12-18(27(38)39)14-23(36)28(40)41/h1-11,15,18,23H,12-14H2,(H,33,35)(H,38,39)(H,40,41). The van der Waals surface area contributed by atoms with Crippen LogP contribution in [0.25, 0.3) is 22.3 Å². The van der Waals surface area contributed by atoms with Gasteiger partial charge in [-0.1, -0.05) is 30.3 Å². The Balaban J connectivity index is 1.43. The lowest BCUT2D eigenvalue weighted by Gasteiger charge is -2.35. The van der Waals surface area contributed by atoms with E-state index in [1.54, 1.807) is 42.5 Å². The van der Waals surface area contributed by atoms with Gasteiger partial charge < -0.3 is 20.4 Å². The smallest absolute Gasteiger partial charge is 0.416 e. The second kappa shape index (κ2) is 10.9. The Labute approximate surface area is 231 Å². The molecule has 0 spiro atoms. The van der Waals surface area contributed by atoms with Crippen molar-refractivity contribution in [1.82, 2.24) is 14.9 Å². The number of piperidine rings is 1. The largest absolute Gasteiger partial charge is 0.481 e. The molecule has 1 amide bonds. The van der Waals surface area contributed by atoms with Crippen LogP contribution in [-0.2, 0) is 15.8 Å². The van der Waals surface area contributed by atoms with E-state index in [4.69, 9.17) is 0 Å². The van der Waals surface area contributed by atoms with Gasteiger partial charge in [0.1, 0.15) is 11.7 Å². The number of nitrogens with one attached hydrogen (secondary N) is 1. The molecule has 1 fully saturated rings. The van der Waals surface area contributed by atoms with Gasteiger partial charge in [0.2, 0.25) is 0 Å². The van der Waals surface area contributed by atoms with Gasteiger partial charge in [0.15, 0.2) is 5.82 Å². The minimum absolute atomic E-state index is 0.00403. The average molecular weight is 565 g/mol. The van der Waals surface area contributed by atoms with E-state index < -0.39 is 41.5 Å². The Kier molecular flexibility index (Phi) is 7.31. The highest BCUT2D eigenvalue weighted by Crippen LogP contribution is 2.34. The summed E-state index contributed by atoms with van der Waals surface area (Å²) in [6, 6.07) is 16.9. The zero-order valence-electron chi connectivity index (χ0n) is 21.3. The molecule has 3 aromatic carbocycles. The van der Waals surface area contributed by atoms with Gasteiger partial charge in [-0.3, -0.25) is 9.59 Å². The van der Waals surface area contributed by atoms with Crippen molar-refractivity contribution in [2.45, 2.75) is 25.1 Å². The molecule has 3 N–H and O–H groups in total. The van der Waals surface area contributed by atoms with Crippen molar-refractivity contribution in [1.29, 1.82) is 0 Å². The molecule has 2 heterocycles. The van der Waals surface area contributed by atoms with Crippen molar-refractivity contribution in [2.75, 3.05) is 11.9 Å². The number of fused-ring (bicyclic) bond motifs is 1. The molecular formula is C29H23F3N4O5. The van der Waals surface area contributed by atoms with Crippen LogP contribution in [0.3, 0.4) is 0 Å². The van der Waals surface area contributed by atoms with E-state index >= 15 is 0 Å². The van der Waals surface area contributed by atoms with Crippen molar-refractivity contribution >= 4 is 40.4 Å². The molecule has 0 saturated carbocycles. The molecule has 2 atom stereocenters. The highest BCUT2D eigenvalue weighted by atomic mass is 19.4. The molecule has 41 heavy (non-hydrogen) atoms. The normalized spacial score (nSPS) is 17.3. The first-order chi connectivity index (χ1) is 19.5. The Hall–Kier alpha value is -5.00. The first-order valence-corrected chi connectivity index (χ1v) is 12.6. The van der Waals surface area contributed by atoms with Crippen molar-refractivity contribution < 1.29 is 37.8 Å². The monoisotopic (exact) mass is 564 g/mol. The molecule has 1 aliphatic rings. The quantitative estimate of drug-likeness (QED) is 0.282. The zero-order valence-corrected chi connectivity index (χ0v) is 21.3. The number of nitrogens with zero attached hydrogens (tertiary/aromatic N) is 3. The minimum Gasteiger partial charge on any atom is -0.481 e. The molecule has 0 radical (unpaired) electrons. The molecule has 4 aromatic rings. The van der Waals surface area contributed by atoms with Crippen LogP contribution < -0.4 is 5.32 Å². The number of carboxylic acids is 2. The van der Waals surface area contributed by atoms with Crippen molar-refractivity contribution in [3.8, 4) is 11.3 Å². The number of halogens is 3. The molecule has 12 heteroatoms. The van der Waals surface area contributed by atoms with Crippen LogP contribution in [0.5, 0.6) is 0 Å². The van der Waals surface area contributed by atoms with Crippen LogP contribution in [0.1, 0.15) is 28.8 Å². The molecule has 2 unspecified atom stereocenters. The molecule has 1 saturated heterocycles. The van der Waals surface area contributed by atoms with E-state index in [0.29, 0.717) is 16.9 Å². The van der Waals surface area contributed by atoms with E-state index in [1.165, 1.54) is 23.1 Å². The van der Waals surface area contributed by atoms with Crippen molar-refractivity contribution in [3.05, 3.63) is 83.9 Å². The predicted molar refractivity (Wildman–Crippen MR) is 143 cm³/mol. The van der Waals surface area contributed by atoms with Crippen LogP contribution in [0.2, 0.25) is 0 Å². The number of benzene rings is 3. The number of hydrogen-bond acceptors (Lipinski definition) is 6. The molecule has 1 aromatic heterocycles. The summed E-state index contributed by atoms with van der Waals surface area (Å²) in [5, 5.41) is 22.0. The second-order valence-electron chi connectivity index (χ2n) is 9.60. The van der Waals surface area contributed by atoms with E-state index in [1.807, 2.05) is 0 Å². The lowest BCUT2D eigenvalue weighted by molar-refractivity contribution is -0.149. The number of aliphatic carboxylic acids is 2. The minimum atomic E-state index is -4.53. The van der Waals surface area contributed by atoms with Crippen molar-refractivity contribution in [3.63, 3.8) is 0 Å². The van der Waals surface area contributed by atoms with Gasteiger partial charge >= 0.3 is 18.1 Å². The third-order valence-corrected chi connectivity index (χ3v) is 6.93. The molecular weight excluding hydrogens is 541 g/mol. The topological polar surface area (TPSA) is 133 Å². The van der Waals surface area contributed by atoms with E-state index in [0.717, 1.165) is 12.1 Å². The lowest BCUT2D eigenvalue weighted by Crippen LogP contribution is -2.51. The average Bonchev–Trinajstić information content (AvgIpc) is 2.96. The van der Waals surface area contributed by atoms with Gasteiger partial charge in [0.05, 0.1) is 22.5 Å². The maximum atomic E-state index is 13.3. The summed E-state index contributed by atoms with van der Waals surface area (Å²) < 4.78 is 39.9. The number of likely N-dealkylation sites (tertiary alicyclic amines) is 1. The summed E-state index contributed by atoms with van der Waals surface area (Å²) in [7, 11) is 0. The number of hydrogen-bond donors (Lipinski definition) is 3. The Morgan fingerprint density at radius 1 is 0.878 bits per heavy atom. The third kappa shape index (κ3) is 5.81. The summed E-state index contributed by atoms with van der Waals surface area (Å²) >= 11 is 0. The van der Waals surface area contributed by atoms with E-state index in [2.05, 4.69) is 15.3 Å². The molecule has 210 valence electrons. The van der Waals surface area contributed by atoms with Gasteiger partial charge in [0, 0.05) is 23.4 Å². The Bertz CT molecular complexity index is 1630. The fourth-order valence-electron chi connectivity index (χ4n) is 4.78. The SMILES string of the molecule is O=C(O)C1CCN(C(=O)c2ccc(Nc3nc4ccc(C(F)(F)F)cc4nc3-c3ccccc3)cc2)C(C(=O)O)C1. The maximum Gasteiger partial charge on any atom is 0.416 e. The highest BCUT2D eigenvalue weighted by molar-refractivity contribution is 5.97. The van der Waals surface area contributed by atoms with Gasteiger partial charge in [0.25, 0.3) is 5.91 Å². The van der Waals surface area contributed by atoms with Crippen LogP contribution in [0.4, 0.5) is 24.7 Å². The maximum absolute atomic E-state index is 13.3. The number of rotatable bonds is 6. The second-order valence-corrected chi connectivity index (χ2v) is 9.60. The number of carboxylic acid groups (broad SMARTS) is 2. The predicted octanol–water partition coefficient (Wildman–Crippen LogP) is 5.45. The van der Waals surface area contributed by atoms with E-state index in [9.17, 15) is 37.8 Å². The molecule has 0 bridgehead atoms. The van der Waals surface area contributed by atoms with Crippen LogP contribution in [0.15, 0.2) is 72.8 Å². The first-order valence-electron chi connectivity index (χ1n) is 12.6. The van der Waals surface area contributed by atoms with Crippen LogP contribution in [-0.4, -0.2) is 55.5 Å². The number of aromatic nitrogens is 2. The Morgan fingerprint density at radius 3 is 2.22 bits per heavy atom. The summed E-state index contributed by atoms with van der Waals surface area (Å²) in [6.07, 6.45) is -4.56. The summed E-state index contributed by atoms with van der Waals surface area (Å²) in [4.78, 5) is 46.4. The summed E-state index contributed by atoms with van der Waals surface area (Å²) in [5.41, 5.74) is 1.14. The molecule has 9 nitrogen and oxygen atoms in total. The van der Waals surface area contributed by atoms with Gasteiger partial charge in [-0.05, 0) is 55.3 Å². The zero-order chi connectivity index (χ0) is 29.3. The fourth-order valence-corrected chi connectivity index (χ4v) is 4.78. The van der Waals surface area contributed by atoms with Gasteiger partial charge in [-0.25, -0.2) is 14.8 Å². The number of carbonyl (C=O) groups excluding carboxylic acids is 1. The van der Waals surface area contributed by atoms with Crippen molar-refractivity contribution in [2.24, 2.45) is 5.92 Å². The van der Waals surface area contributed by atoms with Gasteiger partial charge in [-0.15, -0.1) is 0 Å². The van der Waals surface area contributed by atoms with E-state index in [-0.39, 0.29) is 41.8 Å².